The summed E-state index contributed by atoms with van der Waals surface area (Å²) in [6, 6.07) is 19.3. The van der Waals surface area contributed by atoms with Crippen LogP contribution in [-0.4, -0.2) is 5.90 Å². The zero-order chi connectivity index (χ0) is 14.5. The predicted octanol–water partition coefficient (Wildman–Crippen LogP) is 3.10. The third-order valence-electron chi connectivity index (χ3n) is 3.94. The predicted molar refractivity (Wildman–Crippen MR) is 76.7 cm³/mol. The molecule has 0 aliphatic carbocycles. The molecule has 0 spiro atoms. The summed E-state index contributed by atoms with van der Waals surface area (Å²) < 4.78 is 12.0. The maximum atomic E-state index is 9.89. The van der Waals surface area contributed by atoms with E-state index in [1.807, 2.05) is 54.6 Å². The summed E-state index contributed by atoms with van der Waals surface area (Å²) in [5.41, 5.74) is -0.914. The Morgan fingerprint density at radius 1 is 1.00 bits per heavy atom. The van der Waals surface area contributed by atoms with Gasteiger partial charge in [0.25, 0.3) is 11.3 Å². The zero-order valence-corrected chi connectivity index (χ0v) is 11.4. The van der Waals surface area contributed by atoms with Crippen molar-refractivity contribution < 1.29 is 9.47 Å². The van der Waals surface area contributed by atoms with Gasteiger partial charge in [0.2, 0.25) is 0 Å². The van der Waals surface area contributed by atoms with Crippen LogP contribution in [0.25, 0.3) is 0 Å². The van der Waals surface area contributed by atoms with Gasteiger partial charge in [0.05, 0.1) is 5.56 Å². The van der Waals surface area contributed by atoms with Crippen molar-refractivity contribution in [2.45, 2.75) is 18.2 Å². The Balaban J connectivity index is 2.04. The first-order valence-electron chi connectivity index (χ1n) is 6.73. The van der Waals surface area contributed by atoms with Crippen LogP contribution in [0.3, 0.4) is 0 Å². The van der Waals surface area contributed by atoms with E-state index in [9.17, 15) is 5.26 Å². The fourth-order valence-electron chi connectivity index (χ4n) is 3.10. The SMILES string of the molecule is CC1=N[C@]2(c3ccccc3)Oc3ccccc3[C@]2(C#N)O1. The van der Waals surface area contributed by atoms with Gasteiger partial charge in [-0.2, -0.15) is 10.3 Å². The Hall–Kier alpha value is -2.80. The minimum absolute atomic E-state index is 0.454. The van der Waals surface area contributed by atoms with Crippen molar-refractivity contribution in [1.29, 1.82) is 5.26 Å². The topological polar surface area (TPSA) is 54.6 Å². The van der Waals surface area contributed by atoms with Crippen LogP contribution >= 0.6 is 0 Å². The molecule has 2 aromatic rings. The van der Waals surface area contributed by atoms with Gasteiger partial charge in [-0.3, -0.25) is 0 Å². The largest absolute Gasteiger partial charge is 0.455 e. The van der Waals surface area contributed by atoms with Crippen molar-refractivity contribution >= 4 is 5.90 Å². The minimum atomic E-state index is -1.27. The summed E-state index contributed by atoms with van der Waals surface area (Å²) in [7, 11) is 0. The van der Waals surface area contributed by atoms with Crippen molar-refractivity contribution in [2.24, 2.45) is 4.99 Å². The highest BCUT2D eigenvalue weighted by Gasteiger charge is 2.68. The number of aliphatic imine (C=N–C) groups is 1. The van der Waals surface area contributed by atoms with Crippen molar-refractivity contribution in [3.8, 4) is 11.8 Å². The smallest absolute Gasteiger partial charge is 0.288 e. The molecule has 0 N–H and O–H groups in total. The molecule has 21 heavy (non-hydrogen) atoms. The molecule has 0 bridgehead atoms. The number of hydrogen-bond donors (Lipinski definition) is 0. The molecular weight excluding hydrogens is 264 g/mol. The molecule has 4 rings (SSSR count). The first-order valence-corrected chi connectivity index (χ1v) is 6.73. The summed E-state index contributed by atoms with van der Waals surface area (Å²) in [6.45, 7) is 1.74. The van der Waals surface area contributed by atoms with Gasteiger partial charge >= 0.3 is 0 Å². The molecule has 2 heterocycles. The Kier molecular flexibility index (Phi) is 2.20. The van der Waals surface area contributed by atoms with E-state index in [0.29, 0.717) is 11.6 Å². The number of nitrogens with zero attached hydrogens (tertiary/aromatic N) is 2. The number of fused-ring (bicyclic) bond motifs is 3. The summed E-state index contributed by atoms with van der Waals surface area (Å²) in [5.74, 6) is 1.09. The number of ether oxygens (including phenoxy) is 2. The highest BCUT2D eigenvalue weighted by molar-refractivity contribution is 5.79. The number of rotatable bonds is 1. The third kappa shape index (κ3) is 1.30. The lowest BCUT2D eigenvalue weighted by Crippen LogP contribution is -2.44. The molecule has 0 amide bonds. The maximum absolute atomic E-state index is 9.89. The van der Waals surface area contributed by atoms with E-state index < -0.39 is 11.3 Å². The molecule has 2 aromatic carbocycles. The quantitative estimate of drug-likeness (QED) is 0.804. The second kappa shape index (κ2) is 3.86. The van der Waals surface area contributed by atoms with Gasteiger partial charge in [0.1, 0.15) is 11.8 Å². The molecule has 102 valence electrons. The van der Waals surface area contributed by atoms with E-state index in [1.54, 1.807) is 6.92 Å². The molecule has 0 saturated heterocycles. The third-order valence-corrected chi connectivity index (χ3v) is 3.94. The Labute approximate surface area is 122 Å². The van der Waals surface area contributed by atoms with Gasteiger partial charge in [-0.25, -0.2) is 0 Å². The average molecular weight is 276 g/mol. The van der Waals surface area contributed by atoms with E-state index >= 15 is 0 Å². The van der Waals surface area contributed by atoms with Crippen molar-refractivity contribution in [3.63, 3.8) is 0 Å². The highest BCUT2D eigenvalue weighted by Crippen LogP contribution is 2.58. The van der Waals surface area contributed by atoms with Crippen LogP contribution in [0, 0.1) is 11.3 Å². The van der Waals surface area contributed by atoms with Crippen LogP contribution in [0.15, 0.2) is 59.6 Å². The van der Waals surface area contributed by atoms with Gasteiger partial charge < -0.3 is 9.47 Å². The number of para-hydroxylation sites is 1. The van der Waals surface area contributed by atoms with Gasteiger partial charge in [0, 0.05) is 12.5 Å². The second-order valence-electron chi connectivity index (χ2n) is 5.13. The Bertz CT molecular complexity index is 794. The minimum Gasteiger partial charge on any atom is -0.455 e. The van der Waals surface area contributed by atoms with Crippen molar-refractivity contribution in [1.82, 2.24) is 0 Å². The van der Waals surface area contributed by atoms with Crippen molar-refractivity contribution in [3.05, 3.63) is 65.7 Å². The van der Waals surface area contributed by atoms with Gasteiger partial charge in [-0.15, -0.1) is 0 Å². The average Bonchev–Trinajstić information content (AvgIpc) is 2.96. The molecule has 0 fully saturated rings. The standard InChI is InChI=1S/C17H12N2O2/c1-12-19-17(13-7-3-2-4-8-13)16(11-18,20-12)14-9-5-6-10-15(14)21-17/h2-10H,1H3/t16-,17+/m0/s1. The molecule has 0 saturated carbocycles. The summed E-state index contributed by atoms with van der Waals surface area (Å²) >= 11 is 0. The van der Waals surface area contributed by atoms with Gasteiger partial charge in [-0.05, 0) is 12.1 Å². The molecule has 0 radical (unpaired) electrons. The maximum Gasteiger partial charge on any atom is 0.288 e. The fourth-order valence-corrected chi connectivity index (χ4v) is 3.10. The first kappa shape index (κ1) is 12.0. The molecule has 2 aliphatic rings. The van der Waals surface area contributed by atoms with Crippen LogP contribution in [0.1, 0.15) is 18.1 Å². The lowest BCUT2D eigenvalue weighted by Gasteiger charge is -2.30. The molecular formula is C17H12N2O2. The van der Waals surface area contributed by atoms with E-state index in [-0.39, 0.29) is 0 Å². The number of benzene rings is 2. The monoisotopic (exact) mass is 276 g/mol. The van der Waals surface area contributed by atoms with E-state index in [1.165, 1.54) is 0 Å². The highest BCUT2D eigenvalue weighted by atomic mass is 16.6. The van der Waals surface area contributed by atoms with Crippen LogP contribution < -0.4 is 4.74 Å². The van der Waals surface area contributed by atoms with Crippen LogP contribution in [0.5, 0.6) is 5.75 Å². The fraction of sp³-hybridized carbons (Fsp3) is 0.176. The van der Waals surface area contributed by atoms with Crippen molar-refractivity contribution in [2.75, 3.05) is 0 Å². The second-order valence-corrected chi connectivity index (χ2v) is 5.13. The normalized spacial score (nSPS) is 28.7. The lowest BCUT2D eigenvalue weighted by atomic mass is 9.83. The zero-order valence-electron chi connectivity index (χ0n) is 11.4. The van der Waals surface area contributed by atoms with Crippen LogP contribution in [0.2, 0.25) is 0 Å². The van der Waals surface area contributed by atoms with Crippen LogP contribution in [-0.2, 0) is 16.1 Å². The van der Waals surface area contributed by atoms with Gasteiger partial charge in [-0.1, -0.05) is 42.5 Å². The number of nitriles is 1. The Morgan fingerprint density at radius 2 is 1.71 bits per heavy atom. The number of hydrogen-bond acceptors (Lipinski definition) is 4. The summed E-state index contributed by atoms with van der Waals surface area (Å²) in [4.78, 5) is 4.56. The summed E-state index contributed by atoms with van der Waals surface area (Å²) in [5, 5.41) is 9.89. The molecule has 4 heteroatoms. The van der Waals surface area contributed by atoms with Gasteiger partial charge in [0.15, 0.2) is 5.90 Å². The molecule has 2 aliphatic heterocycles. The summed E-state index contributed by atoms with van der Waals surface area (Å²) in [6.07, 6.45) is 0. The molecule has 0 unspecified atom stereocenters. The molecule has 2 atom stereocenters. The lowest BCUT2D eigenvalue weighted by molar-refractivity contribution is -0.0381. The molecule has 4 nitrogen and oxygen atoms in total. The van der Waals surface area contributed by atoms with E-state index in [2.05, 4.69) is 11.1 Å². The Morgan fingerprint density at radius 3 is 2.48 bits per heavy atom. The van der Waals surface area contributed by atoms with Crippen LogP contribution in [0.4, 0.5) is 0 Å². The van der Waals surface area contributed by atoms with E-state index in [4.69, 9.17) is 9.47 Å². The molecule has 0 aromatic heterocycles. The van der Waals surface area contributed by atoms with E-state index in [0.717, 1.165) is 11.1 Å². The first-order chi connectivity index (χ1) is 10.2.